The zero-order valence-corrected chi connectivity index (χ0v) is 14.3. The summed E-state index contributed by atoms with van der Waals surface area (Å²) < 4.78 is 10.9. The molecule has 0 bridgehead atoms. The molecule has 1 atom stereocenters. The van der Waals surface area contributed by atoms with Crippen LogP contribution in [0.5, 0.6) is 5.75 Å². The molecule has 1 rings (SSSR count). The fourth-order valence-corrected chi connectivity index (χ4v) is 1.89. The summed E-state index contributed by atoms with van der Waals surface area (Å²) in [6.45, 7) is 9.38. The maximum atomic E-state index is 11.5. The molecular formula is C17H26O3S. The topological polar surface area (TPSA) is 35.5 Å². The average Bonchev–Trinajstić information content (AvgIpc) is 2.45. The summed E-state index contributed by atoms with van der Waals surface area (Å²) >= 11 is 4.09. The lowest BCUT2D eigenvalue weighted by Crippen LogP contribution is -2.20. The van der Waals surface area contributed by atoms with Crippen molar-refractivity contribution < 1.29 is 14.3 Å². The Balaban J connectivity index is 2.26. The van der Waals surface area contributed by atoms with Gasteiger partial charge in [-0.1, -0.05) is 39.8 Å². The predicted octanol–water partition coefficient (Wildman–Crippen LogP) is 3.51. The lowest BCUT2D eigenvalue weighted by Gasteiger charge is -2.19. The van der Waals surface area contributed by atoms with Gasteiger partial charge in [0.2, 0.25) is 0 Å². The van der Waals surface area contributed by atoms with Crippen molar-refractivity contribution in [1.82, 2.24) is 0 Å². The van der Waals surface area contributed by atoms with Crippen LogP contribution in [0.25, 0.3) is 0 Å². The van der Waals surface area contributed by atoms with Crippen LogP contribution in [0.2, 0.25) is 0 Å². The number of hydrogen-bond acceptors (Lipinski definition) is 4. The fraction of sp³-hybridized carbons (Fsp3) is 0.588. The molecule has 0 fully saturated rings. The van der Waals surface area contributed by atoms with Gasteiger partial charge in [-0.25, -0.2) is 0 Å². The smallest absolute Gasteiger partial charge is 0.162 e. The molecule has 0 N–H and O–H groups in total. The number of hydrogen-bond donors (Lipinski definition) is 1. The molecule has 0 aliphatic heterocycles. The largest absolute Gasteiger partial charge is 0.491 e. The summed E-state index contributed by atoms with van der Waals surface area (Å²) in [5, 5.41) is 0. The molecule has 0 saturated heterocycles. The molecule has 4 heteroatoms. The van der Waals surface area contributed by atoms with Gasteiger partial charge in [0.25, 0.3) is 0 Å². The highest BCUT2D eigenvalue weighted by Crippen LogP contribution is 2.24. The molecule has 0 heterocycles. The number of ketones is 1. The Hall–Kier alpha value is -1.00. The van der Waals surface area contributed by atoms with Gasteiger partial charge in [0, 0.05) is 5.92 Å². The van der Waals surface area contributed by atoms with Crippen LogP contribution in [-0.4, -0.2) is 31.4 Å². The maximum absolute atomic E-state index is 11.5. The first-order chi connectivity index (χ1) is 9.84. The van der Waals surface area contributed by atoms with Crippen molar-refractivity contribution in [2.24, 2.45) is 5.92 Å². The average molecular weight is 310 g/mol. The molecule has 1 aromatic rings. The molecule has 0 radical (unpaired) electrons. The summed E-state index contributed by atoms with van der Waals surface area (Å²) in [6, 6.07) is 8.09. The van der Waals surface area contributed by atoms with Gasteiger partial charge < -0.3 is 9.47 Å². The second kappa shape index (κ2) is 8.44. The normalized spacial score (nSPS) is 13.0. The van der Waals surface area contributed by atoms with E-state index < -0.39 is 0 Å². The lowest BCUT2D eigenvalue weighted by atomic mass is 9.87. The van der Waals surface area contributed by atoms with E-state index in [4.69, 9.17) is 9.47 Å². The Labute approximate surface area is 133 Å². The lowest BCUT2D eigenvalue weighted by molar-refractivity contribution is -0.126. The van der Waals surface area contributed by atoms with E-state index in [1.54, 1.807) is 0 Å². The third kappa shape index (κ3) is 6.53. The Kier molecular flexibility index (Phi) is 7.26. The molecular weight excluding hydrogens is 284 g/mol. The summed E-state index contributed by atoms with van der Waals surface area (Å²) in [6.07, 6.45) is 0. The molecule has 0 saturated carbocycles. The van der Waals surface area contributed by atoms with Crippen molar-refractivity contribution in [2.45, 2.75) is 33.1 Å². The standard InChI is InChI=1S/C17H26O3S/c1-13(12-21)16(18)11-19-9-10-20-15-7-5-14(6-8-15)17(2,3)4/h5-8,13,21H,9-12H2,1-4H3. The fourth-order valence-electron chi connectivity index (χ4n) is 1.69. The molecule has 0 aliphatic carbocycles. The van der Waals surface area contributed by atoms with Crippen LogP contribution in [0.3, 0.4) is 0 Å². The van der Waals surface area contributed by atoms with Crippen molar-refractivity contribution >= 4 is 18.4 Å². The minimum Gasteiger partial charge on any atom is -0.491 e. The molecule has 0 spiro atoms. The van der Waals surface area contributed by atoms with E-state index in [-0.39, 0.29) is 23.7 Å². The third-order valence-electron chi connectivity index (χ3n) is 3.28. The summed E-state index contributed by atoms with van der Waals surface area (Å²) in [5.74, 6) is 1.40. The number of carbonyl (C=O) groups excluding carboxylic acids is 1. The molecule has 1 aromatic carbocycles. The number of Topliss-reactive ketones (excluding diaryl/α,β-unsaturated/α-hetero) is 1. The van der Waals surface area contributed by atoms with Crippen LogP contribution in [-0.2, 0) is 14.9 Å². The zero-order valence-electron chi connectivity index (χ0n) is 13.4. The molecule has 1 unspecified atom stereocenters. The predicted molar refractivity (Wildman–Crippen MR) is 89.5 cm³/mol. The summed E-state index contributed by atoms with van der Waals surface area (Å²) in [5.41, 5.74) is 1.42. The van der Waals surface area contributed by atoms with Gasteiger partial charge in [0.1, 0.15) is 19.0 Å². The Morgan fingerprint density at radius 3 is 2.33 bits per heavy atom. The molecule has 3 nitrogen and oxygen atoms in total. The van der Waals surface area contributed by atoms with Crippen LogP contribution in [0.1, 0.15) is 33.3 Å². The number of carbonyl (C=O) groups is 1. The van der Waals surface area contributed by atoms with E-state index in [1.165, 1.54) is 5.56 Å². The Morgan fingerprint density at radius 2 is 1.81 bits per heavy atom. The van der Waals surface area contributed by atoms with Crippen LogP contribution in [0, 0.1) is 5.92 Å². The second-order valence-corrected chi connectivity index (χ2v) is 6.59. The van der Waals surface area contributed by atoms with E-state index in [9.17, 15) is 4.79 Å². The van der Waals surface area contributed by atoms with Crippen molar-refractivity contribution in [3.05, 3.63) is 29.8 Å². The van der Waals surface area contributed by atoms with E-state index in [2.05, 4.69) is 45.5 Å². The molecule has 0 amide bonds. The van der Waals surface area contributed by atoms with Crippen LogP contribution in [0.15, 0.2) is 24.3 Å². The Bertz CT molecular complexity index is 434. The van der Waals surface area contributed by atoms with Crippen LogP contribution in [0.4, 0.5) is 0 Å². The first-order valence-corrected chi connectivity index (χ1v) is 7.92. The van der Waals surface area contributed by atoms with Gasteiger partial charge in [0.05, 0.1) is 6.61 Å². The van der Waals surface area contributed by atoms with Gasteiger partial charge in [-0.05, 0) is 28.9 Å². The van der Waals surface area contributed by atoms with Gasteiger partial charge in [-0.3, -0.25) is 4.79 Å². The van der Waals surface area contributed by atoms with Gasteiger partial charge in [-0.15, -0.1) is 0 Å². The van der Waals surface area contributed by atoms with Crippen molar-refractivity contribution in [3.8, 4) is 5.75 Å². The quantitative estimate of drug-likeness (QED) is 0.589. The SMILES string of the molecule is CC(CS)C(=O)COCCOc1ccc(C(C)(C)C)cc1. The van der Waals surface area contributed by atoms with Crippen molar-refractivity contribution in [2.75, 3.05) is 25.6 Å². The monoisotopic (exact) mass is 310 g/mol. The molecule has 0 aliphatic rings. The molecule has 21 heavy (non-hydrogen) atoms. The summed E-state index contributed by atoms with van der Waals surface area (Å²) in [4.78, 5) is 11.5. The van der Waals surface area contributed by atoms with Gasteiger partial charge in [0.15, 0.2) is 5.78 Å². The first-order valence-electron chi connectivity index (χ1n) is 7.29. The van der Waals surface area contributed by atoms with E-state index in [1.807, 2.05) is 19.1 Å². The zero-order chi connectivity index (χ0) is 15.9. The van der Waals surface area contributed by atoms with Crippen LogP contribution >= 0.6 is 12.6 Å². The highest BCUT2D eigenvalue weighted by atomic mass is 32.1. The van der Waals surface area contributed by atoms with Crippen LogP contribution < -0.4 is 4.74 Å². The van der Waals surface area contributed by atoms with E-state index in [0.717, 1.165) is 5.75 Å². The maximum Gasteiger partial charge on any atom is 0.162 e. The number of ether oxygens (including phenoxy) is 2. The van der Waals surface area contributed by atoms with Crippen molar-refractivity contribution in [3.63, 3.8) is 0 Å². The van der Waals surface area contributed by atoms with E-state index in [0.29, 0.717) is 19.0 Å². The Morgan fingerprint density at radius 1 is 1.19 bits per heavy atom. The minimum atomic E-state index is -0.0563. The van der Waals surface area contributed by atoms with Gasteiger partial charge in [-0.2, -0.15) is 12.6 Å². The minimum absolute atomic E-state index is 0.0563. The number of benzene rings is 1. The first kappa shape index (κ1) is 18.1. The highest BCUT2D eigenvalue weighted by molar-refractivity contribution is 7.80. The van der Waals surface area contributed by atoms with E-state index >= 15 is 0 Å². The summed E-state index contributed by atoms with van der Waals surface area (Å²) in [7, 11) is 0. The highest BCUT2D eigenvalue weighted by Gasteiger charge is 2.13. The third-order valence-corrected chi connectivity index (χ3v) is 3.83. The number of rotatable bonds is 8. The van der Waals surface area contributed by atoms with Crippen molar-refractivity contribution in [1.29, 1.82) is 0 Å². The van der Waals surface area contributed by atoms with Gasteiger partial charge >= 0.3 is 0 Å². The molecule has 0 aromatic heterocycles. The number of thiol groups is 1. The second-order valence-electron chi connectivity index (χ2n) is 6.23. The molecule has 118 valence electrons.